The SMILES string of the molecule is CC(C)N1CCC(NC(=O)[C@@H]2CCC[C@@H]2C(=O)O)CC1. The van der Waals surface area contributed by atoms with E-state index in [1.54, 1.807) is 0 Å². The van der Waals surface area contributed by atoms with Gasteiger partial charge in [-0.3, -0.25) is 9.59 Å². The van der Waals surface area contributed by atoms with E-state index in [2.05, 4.69) is 24.1 Å². The van der Waals surface area contributed by atoms with Gasteiger partial charge in [0, 0.05) is 25.2 Å². The molecule has 0 aromatic heterocycles. The Hall–Kier alpha value is -1.10. The molecule has 2 N–H and O–H groups in total. The molecule has 0 aromatic carbocycles. The summed E-state index contributed by atoms with van der Waals surface area (Å²) in [6, 6.07) is 0.769. The van der Waals surface area contributed by atoms with Crippen molar-refractivity contribution in [1.82, 2.24) is 10.2 Å². The number of carboxylic acid groups (broad SMARTS) is 1. The summed E-state index contributed by atoms with van der Waals surface area (Å²) in [4.78, 5) is 25.8. The molecule has 5 heteroatoms. The molecule has 0 radical (unpaired) electrons. The summed E-state index contributed by atoms with van der Waals surface area (Å²) in [5.41, 5.74) is 0. The molecule has 0 spiro atoms. The predicted molar refractivity (Wildman–Crippen MR) is 76.3 cm³/mol. The average molecular weight is 282 g/mol. The van der Waals surface area contributed by atoms with Gasteiger partial charge >= 0.3 is 5.97 Å². The van der Waals surface area contributed by atoms with E-state index in [1.807, 2.05) is 0 Å². The first-order valence-electron chi connectivity index (χ1n) is 7.76. The predicted octanol–water partition coefficient (Wildman–Crippen LogP) is 1.48. The lowest BCUT2D eigenvalue weighted by atomic mass is 9.94. The minimum atomic E-state index is -0.822. The molecule has 1 aliphatic heterocycles. The highest BCUT2D eigenvalue weighted by atomic mass is 16.4. The highest BCUT2D eigenvalue weighted by molar-refractivity contribution is 5.85. The van der Waals surface area contributed by atoms with Crippen molar-refractivity contribution in [3.8, 4) is 0 Å². The third-order valence-electron chi connectivity index (χ3n) is 4.78. The van der Waals surface area contributed by atoms with Crippen molar-refractivity contribution in [2.45, 2.75) is 58.0 Å². The molecule has 1 saturated carbocycles. The quantitative estimate of drug-likeness (QED) is 0.819. The van der Waals surface area contributed by atoms with Gasteiger partial charge in [-0.1, -0.05) is 6.42 Å². The topological polar surface area (TPSA) is 69.6 Å². The number of likely N-dealkylation sites (tertiary alicyclic amines) is 1. The molecule has 2 rings (SSSR count). The second-order valence-corrected chi connectivity index (χ2v) is 6.39. The van der Waals surface area contributed by atoms with Crippen LogP contribution in [0.1, 0.15) is 46.0 Å². The monoisotopic (exact) mass is 282 g/mol. The van der Waals surface area contributed by atoms with Crippen LogP contribution in [0.25, 0.3) is 0 Å². The Balaban J connectivity index is 1.82. The maximum absolute atomic E-state index is 12.3. The molecule has 1 amide bonds. The van der Waals surface area contributed by atoms with Crippen LogP contribution >= 0.6 is 0 Å². The van der Waals surface area contributed by atoms with Crippen LogP contribution in [0.4, 0.5) is 0 Å². The van der Waals surface area contributed by atoms with Crippen LogP contribution in [0, 0.1) is 11.8 Å². The second kappa shape index (κ2) is 6.57. The van der Waals surface area contributed by atoms with Gasteiger partial charge in [0.1, 0.15) is 0 Å². The molecule has 0 aromatic rings. The molecule has 5 nitrogen and oxygen atoms in total. The lowest BCUT2D eigenvalue weighted by Crippen LogP contribution is -2.48. The zero-order valence-electron chi connectivity index (χ0n) is 12.5. The van der Waals surface area contributed by atoms with E-state index in [4.69, 9.17) is 5.11 Å². The number of aliphatic carboxylic acids is 1. The lowest BCUT2D eigenvalue weighted by Gasteiger charge is -2.35. The summed E-state index contributed by atoms with van der Waals surface area (Å²) in [6.45, 7) is 6.40. The molecule has 1 saturated heterocycles. The van der Waals surface area contributed by atoms with Gasteiger partial charge in [-0.2, -0.15) is 0 Å². The number of hydrogen-bond donors (Lipinski definition) is 2. The fraction of sp³-hybridized carbons (Fsp3) is 0.867. The van der Waals surface area contributed by atoms with E-state index in [1.165, 1.54) is 0 Å². The van der Waals surface area contributed by atoms with Crippen LogP contribution in [0.15, 0.2) is 0 Å². The normalized spacial score (nSPS) is 28.8. The van der Waals surface area contributed by atoms with Crippen molar-refractivity contribution >= 4 is 11.9 Å². The van der Waals surface area contributed by atoms with Crippen LogP contribution in [-0.4, -0.2) is 47.1 Å². The van der Waals surface area contributed by atoms with Crippen LogP contribution in [-0.2, 0) is 9.59 Å². The van der Waals surface area contributed by atoms with Gasteiger partial charge in [-0.25, -0.2) is 0 Å². The Morgan fingerprint density at radius 2 is 1.70 bits per heavy atom. The summed E-state index contributed by atoms with van der Waals surface area (Å²) in [7, 11) is 0. The number of carbonyl (C=O) groups is 2. The largest absolute Gasteiger partial charge is 0.481 e. The molecule has 2 atom stereocenters. The standard InChI is InChI=1S/C15H26N2O3/c1-10(2)17-8-6-11(7-9-17)16-14(18)12-4-3-5-13(12)15(19)20/h10-13H,3-9H2,1-2H3,(H,16,18)(H,19,20)/t12-,13+/m1/s1. The fourth-order valence-electron chi connectivity index (χ4n) is 3.44. The Kier molecular flexibility index (Phi) is 5.02. The highest BCUT2D eigenvalue weighted by Gasteiger charge is 2.38. The number of nitrogens with one attached hydrogen (secondary N) is 1. The van der Waals surface area contributed by atoms with Crippen molar-refractivity contribution in [2.75, 3.05) is 13.1 Å². The van der Waals surface area contributed by atoms with Crippen LogP contribution < -0.4 is 5.32 Å². The molecular weight excluding hydrogens is 256 g/mol. The van der Waals surface area contributed by atoms with Crippen molar-refractivity contribution in [3.05, 3.63) is 0 Å². The summed E-state index contributed by atoms with van der Waals surface area (Å²) >= 11 is 0. The van der Waals surface area contributed by atoms with Gasteiger partial charge < -0.3 is 15.3 Å². The Bertz CT molecular complexity index is 362. The number of carbonyl (C=O) groups excluding carboxylic acids is 1. The van der Waals surface area contributed by atoms with E-state index in [0.29, 0.717) is 18.9 Å². The second-order valence-electron chi connectivity index (χ2n) is 6.39. The van der Waals surface area contributed by atoms with Crippen molar-refractivity contribution in [2.24, 2.45) is 11.8 Å². The van der Waals surface area contributed by atoms with Crippen molar-refractivity contribution in [1.29, 1.82) is 0 Å². The highest BCUT2D eigenvalue weighted by Crippen LogP contribution is 2.32. The zero-order chi connectivity index (χ0) is 14.7. The molecular formula is C15H26N2O3. The zero-order valence-corrected chi connectivity index (χ0v) is 12.5. The van der Waals surface area contributed by atoms with Gasteiger partial charge in [0.25, 0.3) is 0 Å². The van der Waals surface area contributed by atoms with Crippen molar-refractivity contribution < 1.29 is 14.7 Å². The van der Waals surface area contributed by atoms with E-state index >= 15 is 0 Å². The van der Waals surface area contributed by atoms with E-state index in [-0.39, 0.29) is 17.9 Å². The van der Waals surface area contributed by atoms with Gasteiger partial charge in [0.05, 0.1) is 11.8 Å². The average Bonchev–Trinajstić information content (AvgIpc) is 2.88. The molecule has 20 heavy (non-hydrogen) atoms. The number of hydrogen-bond acceptors (Lipinski definition) is 3. The first kappa shape index (κ1) is 15.3. The molecule has 114 valence electrons. The molecule has 1 heterocycles. The third-order valence-corrected chi connectivity index (χ3v) is 4.78. The molecule has 0 unspecified atom stereocenters. The molecule has 0 bridgehead atoms. The number of amides is 1. The first-order valence-corrected chi connectivity index (χ1v) is 7.76. The molecule has 1 aliphatic carbocycles. The summed E-state index contributed by atoms with van der Waals surface area (Å²) in [5, 5.41) is 12.2. The fourth-order valence-corrected chi connectivity index (χ4v) is 3.44. The van der Waals surface area contributed by atoms with Crippen LogP contribution in [0.2, 0.25) is 0 Å². The van der Waals surface area contributed by atoms with Gasteiger partial charge in [-0.15, -0.1) is 0 Å². The third kappa shape index (κ3) is 3.51. The minimum absolute atomic E-state index is 0.0436. The lowest BCUT2D eigenvalue weighted by molar-refractivity contribution is -0.146. The van der Waals surface area contributed by atoms with Crippen molar-refractivity contribution in [3.63, 3.8) is 0 Å². The number of piperidine rings is 1. The van der Waals surface area contributed by atoms with Crippen LogP contribution in [0.3, 0.4) is 0 Å². The maximum atomic E-state index is 12.3. The summed E-state index contributed by atoms with van der Waals surface area (Å²) < 4.78 is 0. The summed E-state index contributed by atoms with van der Waals surface area (Å²) in [6.07, 6.45) is 4.14. The maximum Gasteiger partial charge on any atom is 0.307 e. The Labute approximate surface area is 120 Å². The van der Waals surface area contributed by atoms with Gasteiger partial charge in [0.15, 0.2) is 0 Å². The van der Waals surface area contributed by atoms with E-state index in [0.717, 1.165) is 32.4 Å². The Morgan fingerprint density at radius 1 is 1.10 bits per heavy atom. The molecule has 2 aliphatic rings. The van der Waals surface area contributed by atoms with Gasteiger partial charge in [0.2, 0.25) is 5.91 Å². The number of carboxylic acids is 1. The first-order chi connectivity index (χ1) is 9.49. The summed E-state index contributed by atoms with van der Waals surface area (Å²) in [5.74, 6) is -1.67. The van der Waals surface area contributed by atoms with Crippen LogP contribution in [0.5, 0.6) is 0 Å². The minimum Gasteiger partial charge on any atom is -0.481 e. The number of nitrogens with zero attached hydrogens (tertiary/aromatic N) is 1. The molecule has 2 fully saturated rings. The van der Waals surface area contributed by atoms with Gasteiger partial charge in [-0.05, 0) is 39.5 Å². The smallest absolute Gasteiger partial charge is 0.307 e. The van der Waals surface area contributed by atoms with E-state index in [9.17, 15) is 9.59 Å². The van der Waals surface area contributed by atoms with E-state index < -0.39 is 11.9 Å². The Morgan fingerprint density at radius 3 is 2.25 bits per heavy atom. The number of rotatable bonds is 4.